The van der Waals surface area contributed by atoms with Gasteiger partial charge in [-0.25, -0.2) is 0 Å². The van der Waals surface area contributed by atoms with Crippen LogP contribution in [0, 0.1) is 6.92 Å². The number of amides is 2. The molecule has 0 aliphatic heterocycles. The smallest absolute Gasteiger partial charge is 0.233 e. The highest BCUT2D eigenvalue weighted by atomic mass is 35.5. The second kappa shape index (κ2) is 7.56. The van der Waals surface area contributed by atoms with Gasteiger partial charge in [0.15, 0.2) is 0 Å². The molecule has 0 aliphatic carbocycles. The quantitative estimate of drug-likeness (QED) is 0.833. The van der Waals surface area contributed by atoms with Crippen LogP contribution in [0.5, 0.6) is 0 Å². The number of anilines is 1. The van der Waals surface area contributed by atoms with Crippen molar-refractivity contribution >= 4 is 29.1 Å². The molecule has 0 fully saturated rings. The molecule has 0 bridgehead atoms. The summed E-state index contributed by atoms with van der Waals surface area (Å²) in [6.07, 6.45) is 3.06. The van der Waals surface area contributed by atoms with Crippen LogP contribution in [-0.2, 0) is 16.1 Å². The normalized spacial score (nSPS) is 10.1. The molecular formula is C16H16ClN3O2. The van der Waals surface area contributed by atoms with Gasteiger partial charge in [0.1, 0.15) is 6.42 Å². The molecule has 2 aromatic rings. The first-order valence-corrected chi connectivity index (χ1v) is 7.14. The zero-order valence-electron chi connectivity index (χ0n) is 12.1. The maximum atomic E-state index is 11.9. The summed E-state index contributed by atoms with van der Waals surface area (Å²) in [5.41, 5.74) is 2.42. The Morgan fingerprint density at radius 1 is 1.14 bits per heavy atom. The fourth-order valence-electron chi connectivity index (χ4n) is 1.83. The van der Waals surface area contributed by atoms with Crippen molar-refractivity contribution in [3.05, 3.63) is 58.9 Å². The monoisotopic (exact) mass is 317 g/mol. The lowest BCUT2D eigenvalue weighted by Gasteiger charge is -2.09. The molecule has 1 heterocycles. The van der Waals surface area contributed by atoms with Crippen LogP contribution in [0.25, 0.3) is 0 Å². The van der Waals surface area contributed by atoms with Crippen LogP contribution in [0.2, 0.25) is 5.02 Å². The lowest BCUT2D eigenvalue weighted by atomic mass is 10.2. The van der Waals surface area contributed by atoms with Crippen LogP contribution in [0.15, 0.2) is 42.7 Å². The zero-order chi connectivity index (χ0) is 15.9. The van der Waals surface area contributed by atoms with E-state index in [-0.39, 0.29) is 18.2 Å². The number of halogens is 1. The third-order valence-electron chi connectivity index (χ3n) is 3.03. The van der Waals surface area contributed by atoms with Gasteiger partial charge in [0.05, 0.1) is 0 Å². The van der Waals surface area contributed by atoms with E-state index < -0.39 is 0 Å². The number of aromatic nitrogens is 1. The summed E-state index contributed by atoms with van der Waals surface area (Å²) in [6.45, 7) is 2.22. The van der Waals surface area contributed by atoms with Crippen molar-refractivity contribution in [3.8, 4) is 0 Å². The average molecular weight is 318 g/mol. The van der Waals surface area contributed by atoms with Crippen LogP contribution < -0.4 is 10.6 Å². The molecular weight excluding hydrogens is 302 g/mol. The zero-order valence-corrected chi connectivity index (χ0v) is 12.9. The van der Waals surface area contributed by atoms with Crippen LogP contribution in [-0.4, -0.2) is 16.8 Å². The second-order valence-electron chi connectivity index (χ2n) is 4.82. The third-order valence-corrected chi connectivity index (χ3v) is 3.27. The minimum Gasteiger partial charge on any atom is -0.352 e. The molecule has 0 atom stereocenters. The Balaban J connectivity index is 1.84. The van der Waals surface area contributed by atoms with E-state index in [1.807, 2.05) is 13.0 Å². The summed E-state index contributed by atoms with van der Waals surface area (Å²) in [4.78, 5) is 27.5. The molecule has 1 aromatic heterocycles. The van der Waals surface area contributed by atoms with E-state index in [9.17, 15) is 9.59 Å². The number of nitrogens with zero attached hydrogens (tertiary/aromatic N) is 1. The fraction of sp³-hybridized carbons (Fsp3) is 0.188. The lowest BCUT2D eigenvalue weighted by Crippen LogP contribution is -2.27. The van der Waals surface area contributed by atoms with Gasteiger partial charge in [-0.3, -0.25) is 14.6 Å². The number of nitrogens with one attached hydrogen (secondary N) is 2. The van der Waals surface area contributed by atoms with Crippen molar-refractivity contribution in [2.24, 2.45) is 0 Å². The maximum Gasteiger partial charge on any atom is 0.233 e. The molecule has 0 radical (unpaired) electrons. The minimum atomic E-state index is -0.377. The highest BCUT2D eigenvalue weighted by Gasteiger charge is 2.11. The number of hydrogen-bond donors (Lipinski definition) is 2. The standard InChI is InChI=1S/C16H16ClN3O2/c1-11-2-3-13(17)8-14(11)20-16(22)9-15(21)19-10-12-4-6-18-7-5-12/h2-8H,9-10H2,1H3,(H,19,21)(H,20,22). The second-order valence-corrected chi connectivity index (χ2v) is 5.25. The first kappa shape index (κ1) is 16.0. The number of hydrogen-bond acceptors (Lipinski definition) is 3. The molecule has 0 spiro atoms. The van der Waals surface area contributed by atoms with Crippen LogP contribution in [0.3, 0.4) is 0 Å². The number of rotatable bonds is 5. The number of pyridine rings is 1. The SMILES string of the molecule is Cc1ccc(Cl)cc1NC(=O)CC(=O)NCc1ccncc1. The molecule has 0 unspecified atom stereocenters. The van der Waals surface area contributed by atoms with E-state index in [1.165, 1.54) is 0 Å². The molecule has 5 nitrogen and oxygen atoms in total. The molecule has 0 saturated heterocycles. The van der Waals surface area contributed by atoms with Crippen LogP contribution >= 0.6 is 11.6 Å². The molecule has 114 valence electrons. The van der Waals surface area contributed by atoms with Gasteiger partial charge in [-0.15, -0.1) is 0 Å². The third kappa shape index (κ3) is 4.86. The Bertz CT molecular complexity index is 674. The summed E-state index contributed by atoms with van der Waals surface area (Å²) in [5.74, 6) is -0.716. The Kier molecular flexibility index (Phi) is 5.49. The summed E-state index contributed by atoms with van der Waals surface area (Å²) < 4.78 is 0. The Morgan fingerprint density at radius 2 is 1.86 bits per heavy atom. The number of carbonyl (C=O) groups excluding carboxylic acids is 2. The minimum absolute atomic E-state index is 0.239. The largest absolute Gasteiger partial charge is 0.352 e. The lowest BCUT2D eigenvalue weighted by molar-refractivity contribution is -0.126. The Morgan fingerprint density at radius 3 is 2.59 bits per heavy atom. The van der Waals surface area contributed by atoms with Gasteiger partial charge in [0.2, 0.25) is 11.8 Å². The van der Waals surface area contributed by atoms with E-state index in [0.29, 0.717) is 17.3 Å². The number of benzene rings is 1. The van der Waals surface area contributed by atoms with Gasteiger partial charge >= 0.3 is 0 Å². The molecule has 0 saturated carbocycles. The van der Waals surface area contributed by atoms with Crippen molar-refractivity contribution in [2.75, 3.05) is 5.32 Å². The summed E-state index contributed by atoms with van der Waals surface area (Å²) in [5, 5.41) is 5.90. The average Bonchev–Trinajstić information content (AvgIpc) is 2.50. The van der Waals surface area contributed by atoms with Crippen LogP contribution in [0.4, 0.5) is 5.69 Å². The number of carbonyl (C=O) groups is 2. The van der Waals surface area contributed by atoms with E-state index in [4.69, 9.17) is 11.6 Å². The van der Waals surface area contributed by atoms with Crippen molar-refractivity contribution in [1.29, 1.82) is 0 Å². The predicted octanol–water partition coefficient (Wildman–Crippen LogP) is 2.69. The molecule has 2 N–H and O–H groups in total. The van der Waals surface area contributed by atoms with E-state index in [2.05, 4.69) is 15.6 Å². The molecule has 6 heteroatoms. The van der Waals surface area contributed by atoms with Crippen molar-refractivity contribution < 1.29 is 9.59 Å². The Hall–Kier alpha value is -2.40. The van der Waals surface area contributed by atoms with Gasteiger partial charge < -0.3 is 10.6 Å². The van der Waals surface area contributed by atoms with Gasteiger partial charge in [-0.2, -0.15) is 0 Å². The van der Waals surface area contributed by atoms with Crippen LogP contribution in [0.1, 0.15) is 17.5 Å². The van der Waals surface area contributed by atoms with Gasteiger partial charge in [-0.05, 0) is 42.3 Å². The predicted molar refractivity (Wildman–Crippen MR) is 85.5 cm³/mol. The summed E-state index contributed by atoms with van der Waals surface area (Å²) in [6, 6.07) is 8.81. The van der Waals surface area contributed by atoms with Gasteiger partial charge in [-0.1, -0.05) is 17.7 Å². The van der Waals surface area contributed by atoms with Gasteiger partial charge in [0, 0.05) is 29.6 Å². The molecule has 0 aliphatic rings. The molecule has 2 rings (SSSR count). The molecule has 22 heavy (non-hydrogen) atoms. The summed E-state index contributed by atoms with van der Waals surface area (Å²) in [7, 11) is 0. The van der Waals surface area contributed by atoms with E-state index in [0.717, 1.165) is 11.1 Å². The van der Waals surface area contributed by atoms with Crippen molar-refractivity contribution in [3.63, 3.8) is 0 Å². The van der Waals surface area contributed by atoms with Gasteiger partial charge in [0.25, 0.3) is 0 Å². The van der Waals surface area contributed by atoms with E-state index >= 15 is 0 Å². The topological polar surface area (TPSA) is 71.1 Å². The summed E-state index contributed by atoms with van der Waals surface area (Å²) >= 11 is 5.89. The maximum absolute atomic E-state index is 11.9. The molecule has 1 aromatic carbocycles. The van der Waals surface area contributed by atoms with E-state index in [1.54, 1.807) is 36.7 Å². The highest BCUT2D eigenvalue weighted by molar-refractivity contribution is 6.31. The Labute approximate surface area is 133 Å². The molecule has 2 amide bonds. The number of aryl methyl sites for hydroxylation is 1. The van der Waals surface area contributed by atoms with Crippen molar-refractivity contribution in [2.45, 2.75) is 19.9 Å². The van der Waals surface area contributed by atoms with Crippen molar-refractivity contribution in [1.82, 2.24) is 10.3 Å². The first-order chi connectivity index (χ1) is 10.5. The highest BCUT2D eigenvalue weighted by Crippen LogP contribution is 2.20. The fourth-order valence-corrected chi connectivity index (χ4v) is 2.01. The first-order valence-electron chi connectivity index (χ1n) is 6.76.